The number of nitrogens with zero attached hydrogens (tertiary/aromatic N) is 2. The van der Waals surface area contributed by atoms with Gasteiger partial charge in [-0.15, -0.1) is 11.6 Å². The third-order valence-electron chi connectivity index (χ3n) is 2.41. The fourth-order valence-corrected chi connectivity index (χ4v) is 1.48. The van der Waals surface area contributed by atoms with E-state index in [0.717, 1.165) is 17.3 Å². The molecule has 84 valence electrons. The van der Waals surface area contributed by atoms with Crippen LogP contribution < -0.4 is 5.32 Å². The Labute approximate surface area is 99.9 Å². The van der Waals surface area contributed by atoms with Gasteiger partial charge in [-0.3, -0.25) is 0 Å². The number of anilines is 1. The smallest absolute Gasteiger partial charge is 0.223 e. The summed E-state index contributed by atoms with van der Waals surface area (Å²) >= 11 is 6.02. The van der Waals surface area contributed by atoms with Crippen LogP contribution in [0, 0.1) is 0 Å². The molecule has 0 amide bonds. The summed E-state index contributed by atoms with van der Waals surface area (Å²) in [6.07, 6.45) is 2.75. The van der Waals surface area contributed by atoms with Gasteiger partial charge in [0.1, 0.15) is 0 Å². The molecule has 1 unspecified atom stereocenters. The van der Waals surface area contributed by atoms with Crippen LogP contribution in [0.15, 0.2) is 30.5 Å². The Hall–Kier alpha value is -1.35. The van der Waals surface area contributed by atoms with Crippen molar-refractivity contribution in [2.45, 2.75) is 18.7 Å². The Morgan fingerprint density at radius 2 is 2.19 bits per heavy atom. The van der Waals surface area contributed by atoms with Crippen LogP contribution in [0.1, 0.15) is 13.3 Å². The summed E-state index contributed by atoms with van der Waals surface area (Å²) in [4.78, 5) is 8.63. The van der Waals surface area contributed by atoms with Crippen molar-refractivity contribution in [1.82, 2.24) is 9.97 Å². The molecule has 0 aliphatic carbocycles. The first-order chi connectivity index (χ1) is 7.79. The van der Waals surface area contributed by atoms with Crippen molar-refractivity contribution in [3.63, 3.8) is 0 Å². The third kappa shape index (κ3) is 2.61. The summed E-state index contributed by atoms with van der Waals surface area (Å²) in [6.45, 7) is 2.75. The van der Waals surface area contributed by atoms with Gasteiger partial charge in [0.05, 0.1) is 10.9 Å². The van der Waals surface area contributed by atoms with E-state index in [0.29, 0.717) is 12.5 Å². The van der Waals surface area contributed by atoms with Gasteiger partial charge in [-0.2, -0.15) is 0 Å². The standard InChI is InChI=1S/C12H14ClN3/c1-2-10(13)8-15-12-14-7-9-5-3-4-6-11(9)16-12/h3-7,10H,2,8H2,1H3,(H,14,15,16). The number of fused-ring (bicyclic) bond motifs is 1. The van der Waals surface area contributed by atoms with Gasteiger partial charge in [-0.25, -0.2) is 9.97 Å². The zero-order valence-electron chi connectivity index (χ0n) is 9.15. The Kier molecular flexibility index (Phi) is 3.57. The molecule has 0 saturated carbocycles. The molecule has 2 rings (SSSR count). The number of hydrogen-bond donors (Lipinski definition) is 1. The van der Waals surface area contributed by atoms with Crippen LogP contribution in [0.5, 0.6) is 0 Å². The van der Waals surface area contributed by atoms with Gasteiger partial charge in [0.2, 0.25) is 5.95 Å². The normalized spacial score (nSPS) is 12.6. The number of rotatable bonds is 4. The van der Waals surface area contributed by atoms with E-state index < -0.39 is 0 Å². The van der Waals surface area contributed by atoms with Crippen molar-refractivity contribution in [2.24, 2.45) is 0 Å². The van der Waals surface area contributed by atoms with E-state index in [9.17, 15) is 0 Å². The van der Waals surface area contributed by atoms with Gasteiger partial charge >= 0.3 is 0 Å². The lowest BCUT2D eigenvalue weighted by atomic mass is 10.2. The van der Waals surface area contributed by atoms with Crippen LogP contribution in [0.3, 0.4) is 0 Å². The number of alkyl halides is 1. The highest BCUT2D eigenvalue weighted by atomic mass is 35.5. The third-order valence-corrected chi connectivity index (χ3v) is 2.88. The van der Waals surface area contributed by atoms with E-state index in [4.69, 9.17) is 11.6 Å². The highest BCUT2D eigenvalue weighted by molar-refractivity contribution is 6.20. The molecule has 1 aromatic heterocycles. The van der Waals surface area contributed by atoms with E-state index in [-0.39, 0.29) is 5.38 Å². The van der Waals surface area contributed by atoms with Crippen LogP contribution in [0.4, 0.5) is 5.95 Å². The minimum atomic E-state index is 0.120. The molecule has 16 heavy (non-hydrogen) atoms. The van der Waals surface area contributed by atoms with Crippen molar-refractivity contribution in [3.05, 3.63) is 30.5 Å². The molecule has 0 bridgehead atoms. The highest BCUT2D eigenvalue weighted by Crippen LogP contribution is 2.12. The number of aromatic nitrogens is 2. The first-order valence-electron chi connectivity index (χ1n) is 5.39. The number of benzene rings is 1. The van der Waals surface area contributed by atoms with Crippen LogP contribution in [-0.2, 0) is 0 Å². The van der Waals surface area contributed by atoms with E-state index in [1.54, 1.807) is 0 Å². The second-order valence-electron chi connectivity index (χ2n) is 3.64. The lowest BCUT2D eigenvalue weighted by Crippen LogP contribution is -2.14. The van der Waals surface area contributed by atoms with Crippen molar-refractivity contribution >= 4 is 28.5 Å². The largest absolute Gasteiger partial charge is 0.353 e. The molecule has 1 atom stereocenters. The summed E-state index contributed by atoms with van der Waals surface area (Å²) in [5, 5.41) is 4.30. The Morgan fingerprint density at radius 1 is 1.38 bits per heavy atom. The molecule has 2 aromatic rings. The van der Waals surface area contributed by atoms with Crippen LogP contribution in [0.2, 0.25) is 0 Å². The molecule has 1 N–H and O–H groups in total. The van der Waals surface area contributed by atoms with E-state index in [2.05, 4.69) is 22.2 Å². The minimum Gasteiger partial charge on any atom is -0.353 e. The molecule has 1 heterocycles. The first kappa shape index (κ1) is 11.1. The molecule has 1 aromatic carbocycles. The summed E-state index contributed by atoms with van der Waals surface area (Å²) in [6, 6.07) is 7.91. The van der Waals surface area contributed by atoms with Crippen LogP contribution in [0.25, 0.3) is 10.9 Å². The Bertz CT molecular complexity index is 473. The van der Waals surface area contributed by atoms with Gasteiger partial charge in [0.25, 0.3) is 0 Å². The summed E-state index contributed by atoms with van der Waals surface area (Å²) in [5.41, 5.74) is 0.947. The predicted octanol–water partition coefficient (Wildman–Crippen LogP) is 3.06. The lowest BCUT2D eigenvalue weighted by molar-refractivity contribution is 0.837. The molecule has 0 fully saturated rings. The maximum atomic E-state index is 6.02. The molecule has 0 spiro atoms. The zero-order chi connectivity index (χ0) is 11.4. The molecule has 3 nitrogen and oxygen atoms in total. The van der Waals surface area contributed by atoms with Crippen molar-refractivity contribution in [2.75, 3.05) is 11.9 Å². The van der Waals surface area contributed by atoms with E-state index >= 15 is 0 Å². The summed E-state index contributed by atoms with van der Waals surface area (Å²) in [5.74, 6) is 0.637. The van der Waals surface area contributed by atoms with Gasteiger partial charge in [0.15, 0.2) is 0 Å². The van der Waals surface area contributed by atoms with Gasteiger partial charge in [-0.1, -0.05) is 25.1 Å². The van der Waals surface area contributed by atoms with E-state index in [1.165, 1.54) is 0 Å². The number of halogens is 1. The topological polar surface area (TPSA) is 37.8 Å². The second-order valence-corrected chi connectivity index (χ2v) is 4.26. The van der Waals surface area contributed by atoms with Gasteiger partial charge in [0, 0.05) is 18.1 Å². The number of para-hydroxylation sites is 1. The Balaban J connectivity index is 2.13. The Morgan fingerprint density at radius 3 is 3.00 bits per heavy atom. The fraction of sp³-hybridized carbons (Fsp3) is 0.333. The average Bonchev–Trinajstić information content (AvgIpc) is 2.35. The molecule has 0 saturated heterocycles. The van der Waals surface area contributed by atoms with Crippen LogP contribution >= 0.6 is 11.6 Å². The minimum absolute atomic E-state index is 0.120. The maximum Gasteiger partial charge on any atom is 0.223 e. The predicted molar refractivity (Wildman–Crippen MR) is 68.0 cm³/mol. The quantitative estimate of drug-likeness (QED) is 0.828. The monoisotopic (exact) mass is 235 g/mol. The summed E-state index contributed by atoms with van der Waals surface area (Å²) < 4.78 is 0. The van der Waals surface area contributed by atoms with E-state index in [1.807, 2.05) is 30.5 Å². The SMILES string of the molecule is CCC(Cl)CNc1ncc2ccccc2n1. The summed E-state index contributed by atoms with van der Waals surface area (Å²) in [7, 11) is 0. The second kappa shape index (κ2) is 5.12. The van der Waals surface area contributed by atoms with Crippen molar-refractivity contribution in [1.29, 1.82) is 0 Å². The van der Waals surface area contributed by atoms with Crippen LogP contribution in [-0.4, -0.2) is 21.9 Å². The number of nitrogens with one attached hydrogen (secondary N) is 1. The maximum absolute atomic E-state index is 6.02. The van der Waals surface area contributed by atoms with Gasteiger partial charge in [-0.05, 0) is 12.5 Å². The molecule has 0 aliphatic heterocycles. The molecule has 0 radical (unpaired) electrons. The number of hydrogen-bond acceptors (Lipinski definition) is 3. The lowest BCUT2D eigenvalue weighted by Gasteiger charge is -2.08. The van der Waals surface area contributed by atoms with Crippen molar-refractivity contribution in [3.8, 4) is 0 Å². The highest BCUT2D eigenvalue weighted by Gasteiger charge is 2.03. The molecule has 4 heteroatoms. The zero-order valence-corrected chi connectivity index (χ0v) is 9.91. The van der Waals surface area contributed by atoms with Gasteiger partial charge < -0.3 is 5.32 Å². The van der Waals surface area contributed by atoms with Crippen molar-refractivity contribution < 1.29 is 0 Å². The molecule has 0 aliphatic rings. The molecular formula is C12H14ClN3. The molecular weight excluding hydrogens is 222 g/mol. The fourth-order valence-electron chi connectivity index (χ4n) is 1.40. The average molecular weight is 236 g/mol. The first-order valence-corrected chi connectivity index (χ1v) is 5.83.